The van der Waals surface area contributed by atoms with Crippen LogP contribution in [0, 0.1) is 13.8 Å². The van der Waals surface area contributed by atoms with Gasteiger partial charge in [0.15, 0.2) is 10.9 Å². The molecular formula is C28H28N4O2S. The van der Waals surface area contributed by atoms with Gasteiger partial charge in [0.1, 0.15) is 5.82 Å². The highest BCUT2D eigenvalue weighted by atomic mass is 32.2. The van der Waals surface area contributed by atoms with Crippen LogP contribution in [0.15, 0.2) is 78.0 Å². The average molecular weight is 485 g/mol. The molecule has 4 rings (SSSR count). The zero-order valence-electron chi connectivity index (χ0n) is 20.1. The number of benzene rings is 3. The molecule has 6 nitrogen and oxygen atoms in total. The predicted molar refractivity (Wildman–Crippen MR) is 140 cm³/mol. The number of carbonyl (C=O) groups excluding carboxylic acids is 2. The third-order valence-electron chi connectivity index (χ3n) is 5.82. The van der Waals surface area contributed by atoms with Gasteiger partial charge in [0.25, 0.3) is 0 Å². The second kappa shape index (κ2) is 11.1. The molecule has 0 saturated carbocycles. The quantitative estimate of drug-likeness (QED) is 0.261. The van der Waals surface area contributed by atoms with Gasteiger partial charge in [-0.3, -0.25) is 14.2 Å². The van der Waals surface area contributed by atoms with Gasteiger partial charge in [-0.25, -0.2) is 0 Å². The summed E-state index contributed by atoms with van der Waals surface area (Å²) >= 11 is 1.37. The van der Waals surface area contributed by atoms with Gasteiger partial charge in [-0.05, 0) is 48.2 Å². The summed E-state index contributed by atoms with van der Waals surface area (Å²) in [6.07, 6.45) is 0.537. The number of ketones is 1. The fraction of sp³-hybridized carbons (Fsp3) is 0.214. The smallest absolute Gasteiger partial charge is 0.216 e. The molecule has 1 heterocycles. The van der Waals surface area contributed by atoms with Crippen molar-refractivity contribution < 1.29 is 9.59 Å². The molecule has 7 heteroatoms. The van der Waals surface area contributed by atoms with Gasteiger partial charge in [-0.2, -0.15) is 0 Å². The topological polar surface area (TPSA) is 76.9 Å². The van der Waals surface area contributed by atoms with Gasteiger partial charge < -0.3 is 5.32 Å². The molecule has 1 amide bonds. The van der Waals surface area contributed by atoms with Gasteiger partial charge in [0.05, 0.1) is 5.75 Å². The Balaban J connectivity index is 1.52. The molecule has 1 aromatic heterocycles. The van der Waals surface area contributed by atoms with Crippen LogP contribution in [0.3, 0.4) is 0 Å². The number of aromatic nitrogens is 3. The van der Waals surface area contributed by atoms with Crippen molar-refractivity contribution in [3.63, 3.8) is 0 Å². The fourth-order valence-electron chi connectivity index (χ4n) is 3.72. The van der Waals surface area contributed by atoms with Crippen LogP contribution in [0.1, 0.15) is 34.2 Å². The zero-order valence-corrected chi connectivity index (χ0v) is 20.9. The van der Waals surface area contributed by atoms with E-state index in [1.807, 2.05) is 53.1 Å². The summed E-state index contributed by atoms with van der Waals surface area (Å²) in [6.45, 7) is 6.10. The minimum Gasteiger partial charge on any atom is -0.356 e. The molecule has 0 saturated heterocycles. The van der Waals surface area contributed by atoms with E-state index in [1.165, 1.54) is 24.2 Å². The highest BCUT2D eigenvalue weighted by Gasteiger charge is 2.17. The summed E-state index contributed by atoms with van der Waals surface area (Å²) in [5, 5.41) is 12.2. The lowest BCUT2D eigenvalue weighted by Crippen LogP contribution is -2.23. The summed E-state index contributed by atoms with van der Waals surface area (Å²) in [6, 6.07) is 24.0. The predicted octanol–water partition coefficient (Wildman–Crippen LogP) is 5.20. The number of aryl methyl sites for hydroxylation is 2. The zero-order chi connectivity index (χ0) is 24.8. The normalized spacial score (nSPS) is 10.8. The molecule has 0 atom stereocenters. The third kappa shape index (κ3) is 6.05. The summed E-state index contributed by atoms with van der Waals surface area (Å²) in [4.78, 5) is 24.2. The lowest BCUT2D eigenvalue weighted by Gasteiger charge is -2.12. The Morgan fingerprint density at radius 3 is 2.29 bits per heavy atom. The standard InChI is InChI=1S/C28H28N4O2S/c1-19-9-14-25(17-20(19)2)32-27(15-16-29-21(3)33)30-31-28(32)35-18-26(34)24-12-10-23(11-13-24)22-7-5-4-6-8-22/h4-14,17H,15-16,18H2,1-3H3,(H,29,33). The van der Waals surface area contributed by atoms with Crippen LogP contribution in [0.4, 0.5) is 0 Å². The van der Waals surface area contributed by atoms with E-state index in [0.29, 0.717) is 23.7 Å². The number of thioether (sulfide) groups is 1. The number of carbonyl (C=O) groups is 2. The Kier molecular flexibility index (Phi) is 7.77. The van der Waals surface area contributed by atoms with Crippen LogP contribution in [-0.4, -0.2) is 38.8 Å². The van der Waals surface area contributed by atoms with E-state index in [0.717, 1.165) is 28.2 Å². The average Bonchev–Trinajstić information content (AvgIpc) is 3.27. The minimum atomic E-state index is -0.0827. The molecule has 4 aromatic rings. The first kappa shape index (κ1) is 24.4. The van der Waals surface area contributed by atoms with E-state index in [9.17, 15) is 9.59 Å². The monoisotopic (exact) mass is 484 g/mol. The van der Waals surface area contributed by atoms with Crippen LogP contribution in [0.5, 0.6) is 0 Å². The minimum absolute atomic E-state index is 0.0315. The van der Waals surface area contributed by atoms with Crippen molar-refractivity contribution in [1.29, 1.82) is 0 Å². The molecule has 0 radical (unpaired) electrons. The van der Waals surface area contributed by atoms with Crippen LogP contribution in [0.2, 0.25) is 0 Å². The number of hydrogen-bond acceptors (Lipinski definition) is 5. The van der Waals surface area contributed by atoms with Crippen molar-refractivity contribution in [3.8, 4) is 16.8 Å². The number of amides is 1. The van der Waals surface area contributed by atoms with Crippen molar-refractivity contribution in [2.45, 2.75) is 32.3 Å². The number of nitrogens with zero attached hydrogens (tertiary/aromatic N) is 3. The van der Waals surface area contributed by atoms with Crippen molar-refractivity contribution >= 4 is 23.5 Å². The summed E-state index contributed by atoms with van der Waals surface area (Å²) in [7, 11) is 0. The van der Waals surface area contributed by atoms with Gasteiger partial charge in [0.2, 0.25) is 5.91 Å². The third-order valence-corrected chi connectivity index (χ3v) is 6.75. The Hall–Kier alpha value is -3.71. The molecule has 35 heavy (non-hydrogen) atoms. The Morgan fingerprint density at radius 2 is 1.60 bits per heavy atom. The van der Waals surface area contributed by atoms with Crippen molar-refractivity contribution in [3.05, 3.63) is 95.3 Å². The van der Waals surface area contributed by atoms with Gasteiger partial charge in [-0.1, -0.05) is 72.4 Å². The molecule has 0 bridgehead atoms. The Bertz CT molecular complexity index is 1330. The van der Waals surface area contributed by atoms with E-state index >= 15 is 0 Å². The molecule has 0 aliphatic heterocycles. The van der Waals surface area contributed by atoms with Gasteiger partial charge in [-0.15, -0.1) is 10.2 Å². The number of Topliss-reactive ketones (excluding diaryl/α,β-unsaturated/α-hetero) is 1. The van der Waals surface area contributed by atoms with E-state index in [2.05, 4.69) is 53.6 Å². The Labute approximate surface area is 209 Å². The lowest BCUT2D eigenvalue weighted by atomic mass is 10.0. The SMILES string of the molecule is CC(=O)NCCc1nnc(SCC(=O)c2ccc(-c3ccccc3)cc2)n1-c1ccc(C)c(C)c1. The summed E-state index contributed by atoms with van der Waals surface area (Å²) in [5.74, 6) is 0.938. The van der Waals surface area contributed by atoms with Crippen LogP contribution < -0.4 is 5.32 Å². The number of rotatable bonds is 9. The molecule has 3 aromatic carbocycles. The molecule has 178 valence electrons. The fourth-order valence-corrected chi connectivity index (χ4v) is 4.59. The van der Waals surface area contributed by atoms with Crippen molar-refractivity contribution in [2.24, 2.45) is 0 Å². The van der Waals surface area contributed by atoms with Crippen molar-refractivity contribution in [1.82, 2.24) is 20.1 Å². The molecule has 1 N–H and O–H groups in total. The van der Waals surface area contributed by atoms with Crippen molar-refractivity contribution in [2.75, 3.05) is 12.3 Å². The molecule has 0 unspecified atom stereocenters. The first-order chi connectivity index (χ1) is 16.9. The van der Waals surface area contributed by atoms with E-state index in [-0.39, 0.29) is 17.4 Å². The first-order valence-corrected chi connectivity index (χ1v) is 12.5. The second-order valence-corrected chi connectivity index (χ2v) is 9.33. The molecule has 0 aliphatic carbocycles. The lowest BCUT2D eigenvalue weighted by molar-refractivity contribution is -0.118. The molecular weight excluding hydrogens is 456 g/mol. The van der Waals surface area contributed by atoms with Crippen LogP contribution in [-0.2, 0) is 11.2 Å². The van der Waals surface area contributed by atoms with E-state index < -0.39 is 0 Å². The number of hydrogen-bond donors (Lipinski definition) is 1. The van der Waals surface area contributed by atoms with Crippen LogP contribution in [0.25, 0.3) is 16.8 Å². The first-order valence-electron chi connectivity index (χ1n) is 11.5. The summed E-state index contributed by atoms with van der Waals surface area (Å²) in [5.41, 5.74) is 6.17. The molecule has 0 spiro atoms. The van der Waals surface area contributed by atoms with E-state index in [4.69, 9.17) is 0 Å². The number of nitrogens with one attached hydrogen (secondary N) is 1. The van der Waals surface area contributed by atoms with Gasteiger partial charge >= 0.3 is 0 Å². The highest BCUT2D eigenvalue weighted by Crippen LogP contribution is 2.25. The maximum Gasteiger partial charge on any atom is 0.216 e. The largest absolute Gasteiger partial charge is 0.356 e. The van der Waals surface area contributed by atoms with Crippen LogP contribution >= 0.6 is 11.8 Å². The summed E-state index contributed by atoms with van der Waals surface area (Å²) < 4.78 is 1.98. The highest BCUT2D eigenvalue weighted by molar-refractivity contribution is 7.99. The van der Waals surface area contributed by atoms with E-state index in [1.54, 1.807) is 0 Å². The maximum atomic E-state index is 12.9. The molecule has 0 aliphatic rings. The van der Waals surface area contributed by atoms with Gasteiger partial charge in [0, 0.05) is 31.1 Å². The molecule has 0 fully saturated rings. The second-order valence-electron chi connectivity index (χ2n) is 8.39. The maximum absolute atomic E-state index is 12.9. The Morgan fingerprint density at radius 1 is 0.886 bits per heavy atom.